The Hall–Kier alpha value is -3.14. The van der Waals surface area contributed by atoms with Crippen LogP contribution in [0.1, 0.15) is 83.5 Å². The van der Waals surface area contributed by atoms with Crippen LogP contribution in [-0.4, -0.2) is 16.6 Å². The summed E-state index contributed by atoms with van der Waals surface area (Å²) in [5, 5.41) is 0. The van der Waals surface area contributed by atoms with Crippen molar-refractivity contribution in [2.45, 2.75) is 70.8 Å². The number of pyridine rings is 2. The number of ether oxygens (including phenoxy) is 2. The highest BCUT2D eigenvalue weighted by molar-refractivity contribution is 5.45. The van der Waals surface area contributed by atoms with E-state index < -0.39 is 0 Å². The van der Waals surface area contributed by atoms with Gasteiger partial charge in [-0.2, -0.15) is 0 Å². The molecular formula is C31H34N2O2. The smallest absolute Gasteiger partial charge is 0.213 e. The largest absolute Gasteiger partial charge is 0.477 e. The molecule has 0 radical (unpaired) electrons. The van der Waals surface area contributed by atoms with Crippen LogP contribution in [0.15, 0.2) is 54.7 Å². The average molecular weight is 467 g/mol. The summed E-state index contributed by atoms with van der Waals surface area (Å²) in [4.78, 5) is 9.36. The second-order valence-corrected chi connectivity index (χ2v) is 10.7. The first-order valence-corrected chi connectivity index (χ1v) is 13.0. The average Bonchev–Trinajstić information content (AvgIpc) is 3.53. The summed E-state index contributed by atoms with van der Waals surface area (Å²) in [5.74, 6) is 3.46. The maximum Gasteiger partial charge on any atom is 0.213 e. The minimum absolute atomic E-state index is 0.362. The van der Waals surface area contributed by atoms with Crippen LogP contribution >= 0.6 is 0 Å². The molecule has 3 atom stereocenters. The van der Waals surface area contributed by atoms with Gasteiger partial charge in [-0.3, -0.25) is 0 Å². The highest BCUT2D eigenvalue weighted by Gasteiger charge is 2.45. The van der Waals surface area contributed by atoms with Crippen LogP contribution in [0.3, 0.4) is 0 Å². The second kappa shape index (κ2) is 9.14. The molecule has 2 heterocycles. The van der Waals surface area contributed by atoms with Crippen LogP contribution in [0.4, 0.5) is 0 Å². The van der Waals surface area contributed by atoms with Crippen LogP contribution in [0.5, 0.6) is 11.8 Å². The Labute approximate surface area is 208 Å². The van der Waals surface area contributed by atoms with Gasteiger partial charge in [-0.25, -0.2) is 9.97 Å². The quantitative estimate of drug-likeness (QED) is 0.341. The Balaban J connectivity index is 1.17. The molecule has 0 N–H and O–H groups in total. The highest BCUT2D eigenvalue weighted by Crippen LogP contribution is 2.56. The van der Waals surface area contributed by atoms with E-state index in [-0.39, 0.29) is 0 Å². The Morgan fingerprint density at radius 3 is 2.80 bits per heavy atom. The van der Waals surface area contributed by atoms with E-state index in [1.807, 2.05) is 19.2 Å². The topological polar surface area (TPSA) is 44.2 Å². The molecule has 1 saturated carbocycles. The molecule has 4 nitrogen and oxygen atoms in total. The van der Waals surface area contributed by atoms with Crippen molar-refractivity contribution < 1.29 is 9.47 Å². The van der Waals surface area contributed by atoms with Crippen LogP contribution in [0.2, 0.25) is 0 Å². The number of rotatable bonds is 8. The molecule has 0 bridgehead atoms. The highest BCUT2D eigenvalue weighted by atomic mass is 16.5. The third kappa shape index (κ3) is 4.59. The Kier molecular flexibility index (Phi) is 5.83. The molecular weight excluding hydrogens is 432 g/mol. The maximum absolute atomic E-state index is 6.15. The molecule has 3 aliphatic rings. The molecule has 0 spiro atoms. The van der Waals surface area contributed by atoms with Gasteiger partial charge in [-0.15, -0.1) is 6.58 Å². The summed E-state index contributed by atoms with van der Waals surface area (Å²) in [6, 6.07) is 13.2. The van der Waals surface area contributed by atoms with Gasteiger partial charge in [0.2, 0.25) is 11.8 Å². The van der Waals surface area contributed by atoms with Crippen LogP contribution in [0.25, 0.3) is 0 Å². The lowest BCUT2D eigenvalue weighted by atomic mass is 9.78. The minimum Gasteiger partial charge on any atom is -0.477 e. The van der Waals surface area contributed by atoms with Gasteiger partial charge < -0.3 is 9.47 Å². The number of fused-ring (bicyclic) bond motifs is 4. The number of hydrogen-bond donors (Lipinski definition) is 0. The van der Waals surface area contributed by atoms with E-state index >= 15 is 0 Å². The molecule has 0 saturated heterocycles. The molecule has 1 fully saturated rings. The molecule has 35 heavy (non-hydrogen) atoms. The summed E-state index contributed by atoms with van der Waals surface area (Å²) in [6.45, 7) is 9.24. The lowest BCUT2D eigenvalue weighted by Crippen LogP contribution is -2.14. The number of hydrogen-bond acceptors (Lipinski definition) is 4. The van der Waals surface area contributed by atoms with Gasteiger partial charge >= 0.3 is 0 Å². The number of aromatic nitrogens is 2. The first-order valence-electron chi connectivity index (χ1n) is 13.0. The monoisotopic (exact) mass is 466 g/mol. The summed E-state index contributed by atoms with van der Waals surface area (Å²) in [7, 11) is 0. The van der Waals surface area contributed by atoms with E-state index in [0.29, 0.717) is 25.0 Å². The van der Waals surface area contributed by atoms with Crippen molar-refractivity contribution >= 4 is 0 Å². The molecule has 180 valence electrons. The van der Waals surface area contributed by atoms with Crippen molar-refractivity contribution in [1.29, 1.82) is 0 Å². The van der Waals surface area contributed by atoms with E-state index in [4.69, 9.17) is 14.5 Å². The zero-order valence-corrected chi connectivity index (χ0v) is 20.8. The van der Waals surface area contributed by atoms with Gasteiger partial charge in [0.05, 0.1) is 6.61 Å². The van der Waals surface area contributed by atoms with E-state index in [0.717, 1.165) is 48.2 Å². The molecule has 4 heteroatoms. The van der Waals surface area contributed by atoms with Crippen molar-refractivity contribution in [3.8, 4) is 11.8 Å². The number of aryl methyl sites for hydroxylation is 2. The third-order valence-electron chi connectivity index (χ3n) is 7.97. The van der Waals surface area contributed by atoms with Crippen molar-refractivity contribution in [3.05, 3.63) is 93.8 Å². The van der Waals surface area contributed by atoms with Crippen molar-refractivity contribution in [1.82, 2.24) is 9.97 Å². The van der Waals surface area contributed by atoms with Gasteiger partial charge in [0.1, 0.15) is 6.61 Å². The zero-order chi connectivity index (χ0) is 23.9. The number of benzene rings is 1. The normalized spacial score (nSPS) is 21.6. The van der Waals surface area contributed by atoms with Crippen molar-refractivity contribution in [3.63, 3.8) is 0 Å². The summed E-state index contributed by atoms with van der Waals surface area (Å²) in [5.41, 5.74) is 10.4. The van der Waals surface area contributed by atoms with Gasteiger partial charge in [0.25, 0.3) is 0 Å². The second-order valence-electron chi connectivity index (χ2n) is 10.7. The lowest BCUT2D eigenvalue weighted by molar-refractivity contribution is 0.293. The summed E-state index contributed by atoms with van der Waals surface area (Å²) in [6.07, 6.45) is 8.93. The molecule has 1 aromatic carbocycles. The van der Waals surface area contributed by atoms with E-state index in [2.05, 4.69) is 48.8 Å². The SMILES string of the molecule is C=C(C)CCOc1ccc(C2CCCc3ccc(COc4cc5c(cn4)C4CC4C5)cc32)c(C)n1. The lowest BCUT2D eigenvalue weighted by Gasteiger charge is -2.27. The standard InChI is InChI=1S/C31H34N2O2/c1-19(2)11-12-34-30-10-9-25(20(3)33-30)26-6-4-5-22-8-7-21(13-27(22)26)18-35-31-16-24-14-23-15-28(23)29(24)17-32-31/h7-10,13,16-17,23,26,28H,1,4-6,11-12,14-15,18H2,2-3H3. The van der Waals surface area contributed by atoms with Gasteiger partial charge in [-0.05, 0) is 91.2 Å². The fourth-order valence-electron chi connectivity index (χ4n) is 5.96. The molecule has 3 aliphatic carbocycles. The van der Waals surface area contributed by atoms with Gasteiger partial charge in [0.15, 0.2) is 0 Å². The van der Waals surface area contributed by atoms with Crippen LogP contribution in [0, 0.1) is 12.8 Å². The first kappa shape index (κ1) is 22.3. The Morgan fingerprint density at radius 2 is 1.94 bits per heavy atom. The van der Waals surface area contributed by atoms with Gasteiger partial charge in [0, 0.05) is 36.4 Å². The van der Waals surface area contributed by atoms with E-state index in [9.17, 15) is 0 Å². The number of nitrogens with zero attached hydrogens (tertiary/aromatic N) is 2. The molecule has 0 aliphatic heterocycles. The zero-order valence-electron chi connectivity index (χ0n) is 20.8. The molecule has 2 aromatic heterocycles. The summed E-state index contributed by atoms with van der Waals surface area (Å²) >= 11 is 0. The van der Waals surface area contributed by atoms with Crippen molar-refractivity contribution in [2.24, 2.45) is 5.92 Å². The van der Waals surface area contributed by atoms with Gasteiger partial charge in [-0.1, -0.05) is 29.8 Å². The Morgan fingerprint density at radius 1 is 1.03 bits per heavy atom. The maximum atomic E-state index is 6.15. The molecule has 3 unspecified atom stereocenters. The minimum atomic E-state index is 0.362. The molecule has 6 rings (SSSR count). The molecule has 0 amide bonds. The van der Waals surface area contributed by atoms with Crippen LogP contribution < -0.4 is 9.47 Å². The third-order valence-corrected chi connectivity index (χ3v) is 7.97. The predicted molar refractivity (Wildman–Crippen MR) is 138 cm³/mol. The Bertz CT molecular complexity index is 1280. The fourth-order valence-corrected chi connectivity index (χ4v) is 5.96. The fraction of sp³-hybridized carbons (Fsp3) is 0.419. The molecule has 3 aromatic rings. The van der Waals surface area contributed by atoms with Crippen molar-refractivity contribution in [2.75, 3.05) is 6.61 Å². The first-order chi connectivity index (χ1) is 17.0. The summed E-state index contributed by atoms with van der Waals surface area (Å²) < 4.78 is 12.0. The predicted octanol–water partition coefficient (Wildman–Crippen LogP) is 6.84. The van der Waals surface area contributed by atoms with E-state index in [1.165, 1.54) is 52.6 Å². The van der Waals surface area contributed by atoms with Crippen LogP contribution in [-0.2, 0) is 19.4 Å². The van der Waals surface area contributed by atoms with E-state index in [1.54, 1.807) is 0 Å².